The molecule has 0 atom stereocenters. The maximum atomic E-state index is 11.8. The first-order valence-electron chi connectivity index (χ1n) is 8.37. The molecule has 0 saturated heterocycles. The van der Waals surface area contributed by atoms with Crippen molar-refractivity contribution in [3.63, 3.8) is 0 Å². The molecule has 1 amide bonds. The lowest BCUT2D eigenvalue weighted by molar-refractivity contribution is -0.115. The van der Waals surface area contributed by atoms with Crippen LogP contribution in [0.4, 0.5) is 0 Å². The fourth-order valence-corrected chi connectivity index (χ4v) is 2.43. The first-order valence-corrected chi connectivity index (χ1v) is 8.75. The molecule has 0 radical (unpaired) electrons. The van der Waals surface area contributed by atoms with Crippen LogP contribution in [0.2, 0.25) is 5.02 Å². The molecular formula is C21H22ClN3O. The van der Waals surface area contributed by atoms with E-state index in [1.54, 1.807) is 12.4 Å². The Labute approximate surface area is 159 Å². The molecule has 0 spiro atoms. The SMILES string of the molecule is CCC#CC(=O)NC(/C=C\C=C(/C)c1cnc2[nH]cc(Cl)c2c1)=C(C)C. The van der Waals surface area contributed by atoms with Gasteiger partial charge < -0.3 is 10.3 Å². The zero-order valence-corrected chi connectivity index (χ0v) is 16.2. The molecule has 4 nitrogen and oxygen atoms in total. The van der Waals surface area contributed by atoms with E-state index in [0.717, 1.165) is 33.4 Å². The highest BCUT2D eigenvalue weighted by Crippen LogP contribution is 2.24. The van der Waals surface area contributed by atoms with E-state index < -0.39 is 0 Å². The smallest absolute Gasteiger partial charge is 0.300 e. The highest BCUT2D eigenvalue weighted by molar-refractivity contribution is 6.35. The van der Waals surface area contributed by atoms with E-state index in [-0.39, 0.29) is 5.91 Å². The van der Waals surface area contributed by atoms with Gasteiger partial charge >= 0.3 is 0 Å². The van der Waals surface area contributed by atoms with Crippen molar-refractivity contribution in [2.45, 2.75) is 34.1 Å². The van der Waals surface area contributed by atoms with Gasteiger partial charge in [-0.2, -0.15) is 0 Å². The van der Waals surface area contributed by atoms with Gasteiger partial charge in [-0.05, 0) is 50.0 Å². The predicted octanol–water partition coefficient (Wildman–Crippen LogP) is 5.00. The molecule has 0 bridgehead atoms. The summed E-state index contributed by atoms with van der Waals surface area (Å²) in [5, 5.41) is 4.36. The van der Waals surface area contributed by atoms with Crippen molar-refractivity contribution < 1.29 is 4.79 Å². The van der Waals surface area contributed by atoms with Crippen LogP contribution >= 0.6 is 11.6 Å². The van der Waals surface area contributed by atoms with Crippen LogP contribution in [0.25, 0.3) is 16.6 Å². The van der Waals surface area contributed by atoms with Crippen molar-refractivity contribution in [1.82, 2.24) is 15.3 Å². The molecule has 26 heavy (non-hydrogen) atoms. The Morgan fingerprint density at radius 2 is 2.15 bits per heavy atom. The molecule has 0 fully saturated rings. The number of carbonyl (C=O) groups excluding carboxylic acids is 1. The molecule has 0 aromatic carbocycles. The van der Waals surface area contributed by atoms with Crippen LogP contribution in [0, 0.1) is 11.8 Å². The molecule has 0 aliphatic rings. The quantitative estimate of drug-likeness (QED) is 0.590. The third kappa shape index (κ3) is 5.11. The normalized spacial score (nSPS) is 11.3. The van der Waals surface area contributed by atoms with Gasteiger partial charge in [0.1, 0.15) is 5.65 Å². The maximum Gasteiger partial charge on any atom is 0.300 e. The lowest BCUT2D eigenvalue weighted by Gasteiger charge is -2.04. The van der Waals surface area contributed by atoms with Crippen molar-refractivity contribution in [1.29, 1.82) is 0 Å². The number of H-pyrrole nitrogens is 1. The van der Waals surface area contributed by atoms with Crippen LogP contribution in [0.5, 0.6) is 0 Å². The largest absolute Gasteiger partial charge is 0.345 e. The summed E-state index contributed by atoms with van der Waals surface area (Å²) >= 11 is 6.15. The van der Waals surface area contributed by atoms with E-state index in [1.807, 2.05) is 52.0 Å². The highest BCUT2D eigenvalue weighted by Gasteiger charge is 2.05. The molecule has 5 heteroatoms. The summed E-state index contributed by atoms with van der Waals surface area (Å²) in [5.41, 5.74) is 4.54. The van der Waals surface area contributed by atoms with Crippen LogP contribution in [-0.2, 0) is 4.79 Å². The van der Waals surface area contributed by atoms with Gasteiger partial charge in [0, 0.05) is 29.9 Å². The lowest BCUT2D eigenvalue weighted by atomic mass is 10.1. The van der Waals surface area contributed by atoms with Crippen LogP contribution in [0.15, 0.2) is 48.0 Å². The monoisotopic (exact) mass is 367 g/mol. The van der Waals surface area contributed by atoms with Crippen LogP contribution in [-0.4, -0.2) is 15.9 Å². The van der Waals surface area contributed by atoms with E-state index in [9.17, 15) is 4.79 Å². The number of aromatic amines is 1. The molecule has 2 aromatic rings. The number of fused-ring (bicyclic) bond motifs is 1. The van der Waals surface area contributed by atoms with Gasteiger partial charge in [0.25, 0.3) is 5.91 Å². The number of aromatic nitrogens is 2. The van der Waals surface area contributed by atoms with Gasteiger partial charge in [0.2, 0.25) is 0 Å². The van der Waals surface area contributed by atoms with Gasteiger partial charge in [-0.1, -0.05) is 42.2 Å². The Hall–Kier alpha value is -2.77. The number of pyridine rings is 1. The van der Waals surface area contributed by atoms with Crippen molar-refractivity contribution in [2.24, 2.45) is 0 Å². The number of allylic oxidation sites excluding steroid dienone is 5. The number of nitrogens with one attached hydrogen (secondary N) is 2. The average molecular weight is 368 g/mol. The second-order valence-electron chi connectivity index (χ2n) is 5.99. The van der Waals surface area contributed by atoms with Gasteiger partial charge in [0.05, 0.1) is 5.02 Å². The lowest BCUT2D eigenvalue weighted by Crippen LogP contribution is -2.20. The van der Waals surface area contributed by atoms with E-state index in [0.29, 0.717) is 11.4 Å². The average Bonchev–Trinajstić information content (AvgIpc) is 2.99. The topological polar surface area (TPSA) is 57.8 Å². The summed E-state index contributed by atoms with van der Waals surface area (Å²) in [6, 6.07) is 2.00. The number of hydrogen-bond acceptors (Lipinski definition) is 2. The van der Waals surface area contributed by atoms with Crippen molar-refractivity contribution >= 4 is 34.1 Å². The number of halogens is 1. The predicted molar refractivity (Wildman–Crippen MR) is 108 cm³/mol. The fraction of sp³-hybridized carbons (Fsp3) is 0.238. The summed E-state index contributed by atoms with van der Waals surface area (Å²) in [6.45, 7) is 7.79. The Morgan fingerprint density at radius 3 is 2.85 bits per heavy atom. The minimum atomic E-state index is -0.301. The Balaban J connectivity index is 2.17. The number of nitrogens with zero attached hydrogens (tertiary/aromatic N) is 1. The van der Waals surface area contributed by atoms with Gasteiger partial charge in [0.15, 0.2) is 0 Å². The van der Waals surface area contributed by atoms with E-state index in [1.165, 1.54) is 0 Å². The first kappa shape index (κ1) is 19.6. The third-order valence-electron chi connectivity index (χ3n) is 3.71. The second-order valence-corrected chi connectivity index (χ2v) is 6.40. The van der Waals surface area contributed by atoms with Crippen LogP contribution in [0.3, 0.4) is 0 Å². The van der Waals surface area contributed by atoms with Crippen LogP contribution < -0.4 is 5.32 Å². The summed E-state index contributed by atoms with van der Waals surface area (Å²) in [6.07, 6.45) is 9.91. The van der Waals surface area contributed by atoms with E-state index >= 15 is 0 Å². The van der Waals surface area contributed by atoms with E-state index in [4.69, 9.17) is 11.6 Å². The molecule has 0 aliphatic carbocycles. The molecule has 134 valence electrons. The summed E-state index contributed by atoms with van der Waals surface area (Å²) in [5.74, 6) is 5.02. The molecule has 0 saturated carbocycles. The molecule has 2 rings (SSSR count). The fourth-order valence-electron chi connectivity index (χ4n) is 2.23. The van der Waals surface area contributed by atoms with Gasteiger partial charge in [-0.3, -0.25) is 4.79 Å². The summed E-state index contributed by atoms with van der Waals surface area (Å²) in [7, 11) is 0. The van der Waals surface area contributed by atoms with Gasteiger partial charge in [-0.25, -0.2) is 4.98 Å². The molecular weight excluding hydrogens is 346 g/mol. The van der Waals surface area contributed by atoms with Crippen molar-refractivity contribution in [2.75, 3.05) is 0 Å². The molecule has 2 aromatic heterocycles. The maximum absolute atomic E-state index is 11.8. The number of amides is 1. The summed E-state index contributed by atoms with van der Waals surface area (Å²) in [4.78, 5) is 19.2. The third-order valence-corrected chi connectivity index (χ3v) is 4.02. The van der Waals surface area contributed by atoms with Crippen LogP contribution in [0.1, 0.15) is 39.7 Å². The minimum absolute atomic E-state index is 0.301. The summed E-state index contributed by atoms with van der Waals surface area (Å²) < 4.78 is 0. The number of carbonyl (C=O) groups is 1. The van der Waals surface area contributed by atoms with E-state index in [2.05, 4.69) is 27.1 Å². The highest BCUT2D eigenvalue weighted by atomic mass is 35.5. The zero-order valence-electron chi connectivity index (χ0n) is 15.4. The Bertz CT molecular complexity index is 964. The Morgan fingerprint density at radius 1 is 1.38 bits per heavy atom. The number of hydrogen-bond donors (Lipinski definition) is 2. The second kappa shape index (κ2) is 9.07. The minimum Gasteiger partial charge on any atom is -0.345 e. The van der Waals surface area contributed by atoms with Crippen molar-refractivity contribution in [3.05, 3.63) is 58.5 Å². The Kier molecular flexibility index (Phi) is 6.82. The number of rotatable bonds is 4. The molecule has 0 unspecified atom stereocenters. The first-order chi connectivity index (χ1) is 12.4. The molecule has 0 aliphatic heterocycles. The van der Waals surface area contributed by atoms with Gasteiger partial charge in [-0.15, -0.1) is 0 Å². The van der Waals surface area contributed by atoms with Crippen molar-refractivity contribution in [3.8, 4) is 11.8 Å². The molecule has 2 N–H and O–H groups in total. The standard InChI is InChI=1S/C21H22ClN3O/c1-5-6-10-20(26)25-19(14(2)3)9-7-8-15(4)16-11-17-18(22)13-24-21(17)23-12-16/h7-9,11-13H,5H2,1-4H3,(H,23,24)(H,25,26)/b9-7-,15-8+. The molecule has 2 heterocycles. The zero-order chi connectivity index (χ0) is 19.1.